The first-order valence-corrected chi connectivity index (χ1v) is 11.3. The SMILES string of the molecule is CC[N+](CC)(CC)C/C(CCC(=O)OC)=N/O[Si](C)(C)C. The molecule has 0 radical (unpaired) electrons. The summed E-state index contributed by atoms with van der Waals surface area (Å²) in [5.74, 6) is -0.196. The van der Waals surface area contributed by atoms with Gasteiger partial charge in [-0.3, -0.25) is 4.79 Å². The Kier molecular flexibility index (Phi) is 8.81. The van der Waals surface area contributed by atoms with E-state index in [1.807, 2.05) is 0 Å². The second-order valence-corrected chi connectivity index (χ2v) is 10.8. The molecule has 0 saturated carbocycles. The topological polar surface area (TPSA) is 47.9 Å². The predicted molar refractivity (Wildman–Crippen MR) is 89.9 cm³/mol. The van der Waals surface area contributed by atoms with Gasteiger partial charge in [-0.15, -0.1) is 5.16 Å². The van der Waals surface area contributed by atoms with Crippen LogP contribution in [0.1, 0.15) is 33.6 Å². The molecule has 0 unspecified atom stereocenters. The molecule has 0 aromatic heterocycles. The lowest BCUT2D eigenvalue weighted by atomic mass is 10.1. The van der Waals surface area contributed by atoms with Crippen molar-refractivity contribution in [3.05, 3.63) is 0 Å². The Balaban J connectivity index is 4.98. The van der Waals surface area contributed by atoms with Crippen LogP contribution in [0.25, 0.3) is 0 Å². The maximum Gasteiger partial charge on any atom is 0.305 e. The molecule has 0 fully saturated rings. The molecule has 0 atom stereocenters. The fourth-order valence-electron chi connectivity index (χ4n) is 2.10. The van der Waals surface area contributed by atoms with Gasteiger partial charge in [0.15, 0.2) is 0 Å². The lowest BCUT2D eigenvalue weighted by molar-refractivity contribution is -0.914. The second-order valence-electron chi connectivity index (χ2n) is 6.39. The Morgan fingerprint density at radius 2 is 1.57 bits per heavy atom. The van der Waals surface area contributed by atoms with Crippen LogP contribution in [0.15, 0.2) is 5.16 Å². The summed E-state index contributed by atoms with van der Waals surface area (Å²) in [5.41, 5.74) is 0.966. The summed E-state index contributed by atoms with van der Waals surface area (Å²) in [5, 5.41) is 4.38. The van der Waals surface area contributed by atoms with E-state index < -0.39 is 8.32 Å². The van der Waals surface area contributed by atoms with Gasteiger partial charge in [0.05, 0.1) is 33.2 Å². The van der Waals surface area contributed by atoms with Gasteiger partial charge in [0.1, 0.15) is 12.3 Å². The van der Waals surface area contributed by atoms with Gasteiger partial charge in [0.25, 0.3) is 8.32 Å². The molecule has 0 bridgehead atoms. The summed E-state index contributed by atoms with van der Waals surface area (Å²) >= 11 is 0. The van der Waals surface area contributed by atoms with Crippen LogP contribution in [0.5, 0.6) is 0 Å². The Bertz CT molecular complexity index is 339. The first-order chi connectivity index (χ1) is 9.71. The van der Waals surface area contributed by atoms with E-state index in [1.165, 1.54) is 7.11 Å². The lowest BCUT2D eigenvalue weighted by Crippen LogP contribution is -2.51. The van der Waals surface area contributed by atoms with Gasteiger partial charge < -0.3 is 13.7 Å². The molecule has 0 spiro atoms. The molecule has 0 rings (SSSR count). The summed E-state index contributed by atoms with van der Waals surface area (Å²) < 4.78 is 11.4. The number of methoxy groups -OCH3 is 1. The van der Waals surface area contributed by atoms with E-state index in [9.17, 15) is 4.79 Å². The van der Waals surface area contributed by atoms with Crippen LogP contribution in [-0.2, 0) is 14.1 Å². The highest BCUT2D eigenvalue weighted by Gasteiger charge is 2.25. The highest BCUT2D eigenvalue weighted by molar-refractivity contribution is 6.69. The Labute approximate surface area is 131 Å². The second kappa shape index (κ2) is 9.20. The number of carbonyl (C=O) groups is 1. The summed E-state index contributed by atoms with van der Waals surface area (Å²) in [4.78, 5) is 11.4. The van der Waals surface area contributed by atoms with Crippen molar-refractivity contribution in [1.29, 1.82) is 0 Å². The van der Waals surface area contributed by atoms with E-state index in [0.29, 0.717) is 12.8 Å². The highest BCUT2D eigenvalue weighted by atomic mass is 28.4. The lowest BCUT2D eigenvalue weighted by Gasteiger charge is -2.36. The zero-order valence-corrected chi connectivity index (χ0v) is 15.9. The molecule has 124 valence electrons. The van der Waals surface area contributed by atoms with Crippen LogP contribution in [0, 0.1) is 0 Å². The number of hydrogen-bond acceptors (Lipinski definition) is 4. The van der Waals surface area contributed by atoms with Crippen molar-refractivity contribution in [2.75, 3.05) is 33.3 Å². The predicted octanol–water partition coefficient (Wildman–Crippen LogP) is 3.02. The van der Waals surface area contributed by atoms with Crippen molar-refractivity contribution < 1.29 is 18.5 Å². The van der Waals surface area contributed by atoms with Gasteiger partial charge in [-0.25, -0.2) is 0 Å². The Morgan fingerprint density at radius 1 is 1.05 bits per heavy atom. The number of rotatable bonds is 10. The van der Waals surface area contributed by atoms with Gasteiger partial charge in [-0.1, -0.05) is 0 Å². The maximum atomic E-state index is 11.4. The van der Waals surface area contributed by atoms with E-state index in [0.717, 1.165) is 36.4 Å². The van der Waals surface area contributed by atoms with Gasteiger partial charge in [0.2, 0.25) is 0 Å². The molecular formula is C15H33N2O3Si+. The molecular weight excluding hydrogens is 284 g/mol. The Morgan fingerprint density at radius 3 is 1.95 bits per heavy atom. The van der Waals surface area contributed by atoms with Crippen molar-refractivity contribution in [2.24, 2.45) is 5.16 Å². The van der Waals surface area contributed by atoms with Gasteiger partial charge in [-0.2, -0.15) is 0 Å². The minimum Gasteiger partial charge on any atom is -0.469 e. The Hall–Kier alpha value is -0.883. The fourth-order valence-corrected chi connectivity index (χ4v) is 2.50. The summed E-state index contributed by atoms with van der Waals surface area (Å²) in [6.45, 7) is 16.9. The third-order valence-corrected chi connectivity index (χ3v) is 4.46. The molecule has 0 aromatic rings. The van der Waals surface area contributed by atoms with Crippen molar-refractivity contribution >= 4 is 20.0 Å². The van der Waals surface area contributed by atoms with E-state index >= 15 is 0 Å². The first kappa shape index (κ1) is 20.1. The monoisotopic (exact) mass is 317 g/mol. The van der Waals surface area contributed by atoms with Crippen molar-refractivity contribution in [1.82, 2.24) is 0 Å². The van der Waals surface area contributed by atoms with Gasteiger partial charge in [-0.05, 0) is 40.4 Å². The molecule has 5 nitrogen and oxygen atoms in total. The van der Waals surface area contributed by atoms with Crippen molar-refractivity contribution in [3.63, 3.8) is 0 Å². The first-order valence-electron chi connectivity index (χ1n) is 7.87. The average Bonchev–Trinajstić information content (AvgIpc) is 2.45. The average molecular weight is 318 g/mol. The molecule has 6 heteroatoms. The molecule has 0 amide bonds. The number of hydrogen-bond donors (Lipinski definition) is 0. The number of quaternary nitrogens is 1. The minimum atomic E-state index is -1.70. The van der Waals surface area contributed by atoms with Crippen LogP contribution >= 0.6 is 0 Å². The van der Waals surface area contributed by atoms with Gasteiger partial charge in [0, 0.05) is 6.42 Å². The molecule has 0 heterocycles. The van der Waals surface area contributed by atoms with Crippen molar-refractivity contribution in [3.8, 4) is 0 Å². The third kappa shape index (κ3) is 8.21. The highest BCUT2D eigenvalue weighted by Crippen LogP contribution is 2.11. The summed E-state index contributed by atoms with van der Waals surface area (Å²) in [6, 6.07) is 0. The smallest absolute Gasteiger partial charge is 0.305 e. The zero-order valence-electron chi connectivity index (χ0n) is 14.9. The van der Waals surface area contributed by atoms with E-state index in [4.69, 9.17) is 9.26 Å². The normalized spacial score (nSPS) is 13.2. The molecule has 0 N–H and O–H groups in total. The molecule has 0 aliphatic carbocycles. The number of ether oxygens (including phenoxy) is 1. The number of nitrogens with zero attached hydrogens (tertiary/aromatic N) is 2. The molecule has 0 aliphatic heterocycles. The van der Waals surface area contributed by atoms with Gasteiger partial charge >= 0.3 is 5.97 Å². The van der Waals surface area contributed by atoms with Crippen LogP contribution in [0.4, 0.5) is 0 Å². The zero-order chi connectivity index (χ0) is 16.5. The van der Waals surface area contributed by atoms with Crippen LogP contribution in [0.3, 0.4) is 0 Å². The third-order valence-electron chi connectivity index (χ3n) is 3.82. The summed E-state index contributed by atoms with van der Waals surface area (Å²) in [6.07, 6.45) is 0.971. The number of oxime groups is 1. The standard InChI is InChI=1S/C15H33N2O3Si/c1-8-17(9-2,10-3)13-14(11-12-15(18)19-4)16-20-21(5,6)7/h8-13H2,1-7H3/q+1/b16-14+. The number of carbonyl (C=O) groups excluding carboxylic acids is 1. The molecule has 0 aromatic carbocycles. The molecule has 21 heavy (non-hydrogen) atoms. The number of esters is 1. The van der Waals surface area contributed by atoms with E-state index in [-0.39, 0.29) is 5.97 Å². The van der Waals surface area contributed by atoms with E-state index in [1.54, 1.807) is 0 Å². The van der Waals surface area contributed by atoms with Crippen LogP contribution in [-0.4, -0.2) is 57.8 Å². The summed E-state index contributed by atoms with van der Waals surface area (Å²) in [7, 11) is -0.282. The fraction of sp³-hybridized carbons (Fsp3) is 0.867. The van der Waals surface area contributed by atoms with Crippen molar-refractivity contribution in [2.45, 2.75) is 53.3 Å². The quantitative estimate of drug-likeness (QED) is 0.205. The molecule has 0 saturated heterocycles. The molecule has 0 aliphatic rings. The van der Waals surface area contributed by atoms with Crippen LogP contribution in [0.2, 0.25) is 19.6 Å². The minimum absolute atomic E-state index is 0.196. The van der Waals surface area contributed by atoms with E-state index in [2.05, 4.69) is 45.6 Å². The maximum absolute atomic E-state index is 11.4. The van der Waals surface area contributed by atoms with Crippen LogP contribution < -0.4 is 0 Å². The largest absolute Gasteiger partial charge is 0.469 e.